The van der Waals surface area contributed by atoms with Gasteiger partial charge in [-0.15, -0.1) is 0 Å². The number of hydrogen-bond acceptors (Lipinski definition) is 9. The zero-order valence-electron chi connectivity index (χ0n) is 23.2. The summed E-state index contributed by atoms with van der Waals surface area (Å²) in [6.07, 6.45) is -0.547. The first kappa shape index (κ1) is 32.3. The maximum atomic E-state index is 12.0. The Hall–Kier alpha value is -1.72. The number of carbonyl (C=O) groups excluding carboxylic acids is 1. The highest BCUT2D eigenvalue weighted by Crippen LogP contribution is 2.30. The third-order valence-corrected chi connectivity index (χ3v) is 6.69. The van der Waals surface area contributed by atoms with Crippen LogP contribution in [0.2, 0.25) is 0 Å². The van der Waals surface area contributed by atoms with Crippen LogP contribution in [-0.2, 0) is 18.9 Å². The van der Waals surface area contributed by atoms with Crippen LogP contribution < -0.4 is 20.1 Å². The zero-order valence-corrected chi connectivity index (χ0v) is 24.0. The molecule has 1 aromatic carbocycles. The van der Waals surface area contributed by atoms with Crippen LogP contribution in [0.15, 0.2) is 18.2 Å². The molecule has 0 spiro atoms. The van der Waals surface area contributed by atoms with Gasteiger partial charge >= 0.3 is 6.09 Å². The van der Waals surface area contributed by atoms with Crippen LogP contribution in [0.4, 0.5) is 10.5 Å². The fraction of sp³-hybridized carbons (Fsp3) is 0.731. The van der Waals surface area contributed by atoms with Crippen molar-refractivity contribution in [2.45, 2.75) is 57.9 Å². The van der Waals surface area contributed by atoms with E-state index >= 15 is 0 Å². The lowest BCUT2D eigenvalue weighted by atomic mass is 10.1. The van der Waals surface area contributed by atoms with Gasteiger partial charge in [0.15, 0.2) is 0 Å². The molecule has 0 aliphatic rings. The van der Waals surface area contributed by atoms with Crippen LogP contribution in [0.25, 0.3) is 0 Å². The van der Waals surface area contributed by atoms with Crippen LogP contribution in [0.3, 0.4) is 0 Å². The molecule has 1 unspecified atom stereocenters. The Morgan fingerprint density at radius 3 is 2.08 bits per heavy atom. The maximum absolute atomic E-state index is 12.0. The van der Waals surface area contributed by atoms with Gasteiger partial charge in [-0.25, -0.2) is 4.79 Å². The van der Waals surface area contributed by atoms with Crippen molar-refractivity contribution >= 4 is 23.5 Å². The van der Waals surface area contributed by atoms with Crippen molar-refractivity contribution in [3.63, 3.8) is 0 Å². The zero-order chi connectivity index (χ0) is 27.0. The minimum atomic E-state index is -0.582. The molecule has 36 heavy (non-hydrogen) atoms. The van der Waals surface area contributed by atoms with E-state index in [-0.39, 0.29) is 4.75 Å². The van der Waals surface area contributed by atoms with Crippen molar-refractivity contribution in [1.29, 1.82) is 0 Å². The molecular weight excluding hydrogens is 484 g/mol. The Bertz CT molecular complexity index is 756. The molecule has 0 heterocycles. The molecule has 1 rings (SSSR count). The molecule has 10 heteroatoms. The van der Waals surface area contributed by atoms with Crippen molar-refractivity contribution in [1.82, 2.24) is 5.32 Å². The first-order chi connectivity index (χ1) is 17.0. The van der Waals surface area contributed by atoms with Crippen LogP contribution >= 0.6 is 11.8 Å². The van der Waals surface area contributed by atoms with Crippen molar-refractivity contribution in [2.24, 2.45) is 0 Å². The van der Waals surface area contributed by atoms with Gasteiger partial charge in [0.25, 0.3) is 0 Å². The van der Waals surface area contributed by atoms with Gasteiger partial charge < -0.3 is 33.7 Å². The fourth-order valence-corrected chi connectivity index (χ4v) is 3.97. The number of thioether (sulfide) groups is 1. The van der Waals surface area contributed by atoms with E-state index in [0.717, 1.165) is 5.75 Å². The van der Waals surface area contributed by atoms with Crippen LogP contribution in [0.5, 0.6) is 11.5 Å². The lowest BCUT2D eigenvalue weighted by Gasteiger charge is -2.30. The van der Waals surface area contributed by atoms with Crippen molar-refractivity contribution in [3.05, 3.63) is 18.2 Å². The number of nitrogens with one attached hydrogen (secondary N) is 2. The van der Waals surface area contributed by atoms with Gasteiger partial charge in [-0.05, 0) is 60.7 Å². The third kappa shape index (κ3) is 14.1. The van der Waals surface area contributed by atoms with Crippen LogP contribution in [0, 0.1) is 0 Å². The Balaban J connectivity index is 2.11. The summed E-state index contributed by atoms with van der Waals surface area (Å²) in [6.45, 7) is 15.7. The average molecular weight is 531 g/mol. The third-order valence-electron chi connectivity index (χ3n) is 5.23. The van der Waals surface area contributed by atoms with Crippen molar-refractivity contribution in [3.8, 4) is 11.5 Å². The molecule has 0 radical (unpaired) electrons. The van der Waals surface area contributed by atoms with E-state index in [1.54, 1.807) is 39.0 Å². The second-order valence-electron chi connectivity index (χ2n) is 9.64. The molecule has 0 aliphatic heterocycles. The minimum Gasteiger partial charge on any atom is -0.494 e. The van der Waals surface area contributed by atoms with Crippen molar-refractivity contribution < 1.29 is 33.2 Å². The number of amides is 1. The number of methoxy groups -OCH3 is 1. The highest BCUT2D eigenvalue weighted by molar-refractivity contribution is 8.00. The maximum Gasteiger partial charge on any atom is 0.412 e. The average Bonchev–Trinajstić information content (AvgIpc) is 2.80. The van der Waals surface area contributed by atoms with E-state index in [0.29, 0.717) is 69.5 Å². The molecule has 9 nitrogen and oxygen atoms in total. The van der Waals surface area contributed by atoms with E-state index in [2.05, 4.69) is 31.4 Å². The van der Waals surface area contributed by atoms with Gasteiger partial charge in [0.1, 0.15) is 23.7 Å². The summed E-state index contributed by atoms with van der Waals surface area (Å²) >= 11 is 1.91. The molecule has 0 saturated heterocycles. The number of ether oxygens (including phenoxy) is 6. The van der Waals surface area contributed by atoms with Crippen LogP contribution in [-0.4, -0.2) is 88.6 Å². The van der Waals surface area contributed by atoms with Gasteiger partial charge in [0.05, 0.1) is 52.4 Å². The molecule has 2 N–H and O–H groups in total. The lowest BCUT2D eigenvalue weighted by Crippen LogP contribution is -2.40. The van der Waals surface area contributed by atoms with E-state index in [9.17, 15) is 4.79 Å². The smallest absolute Gasteiger partial charge is 0.412 e. The van der Waals surface area contributed by atoms with E-state index in [1.165, 1.54) is 7.11 Å². The summed E-state index contributed by atoms with van der Waals surface area (Å²) in [5.41, 5.74) is -0.0802. The molecule has 0 saturated carbocycles. The first-order valence-corrected chi connectivity index (χ1v) is 13.3. The molecule has 0 fully saturated rings. The summed E-state index contributed by atoms with van der Waals surface area (Å²) in [6, 6.07) is 5.60. The Labute approximate surface area is 221 Å². The molecule has 1 amide bonds. The number of carbonyl (C=O) groups is 1. The van der Waals surface area contributed by atoms with Crippen LogP contribution in [0.1, 0.15) is 41.5 Å². The highest BCUT2D eigenvalue weighted by atomic mass is 32.2. The predicted octanol–water partition coefficient (Wildman–Crippen LogP) is 4.59. The summed E-state index contributed by atoms with van der Waals surface area (Å²) in [5, 5.41) is 5.98. The second kappa shape index (κ2) is 16.9. The van der Waals surface area contributed by atoms with Gasteiger partial charge in [-0.2, -0.15) is 11.8 Å². The quantitative estimate of drug-likeness (QED) is 0.264. The fourth-order valence-electron chi connectivity index (χ4n) is 2.87. The largest absolute Gasteiger partial charge is 0.494 e. The monoisotopic (exact) mass is 530 g/mol. The summed E-state index contributed by atoms with van der Waals surface area (Å²) in [7, 11) is 3.52. The minimum absolute atomic E-state index is 0.171. The van der Waals surface area contributed by atoms with Crippen molar-refractivity contribution in [2.75, 3.05) is 71.5 Å². The Kier molecular flexibility index (Phi) is 15.2. The standard InChI is InChI=1S/C26H46N2O7S/c1-20(27-7)26(5,6)36-18-17-33-14-13-31-11-12-32-15-16-34-21-9-10-22(23(19-21)30-8)28-24(29)35-25(2,3)4/h9-10,19-20,27H,11-18H2,1-8H3,(H,28,29). The van der Waals surface area contributed by atoms with Gasteiger partial charge in [-0.1, -0.05) is 0 Å². The molecule has 1 atom stereocenters. The molecule has 0 aromatic heterocycles. The molecule has 1 aromatic rings. The summed E-state index contributed by atoms with van der Waals surface area (Å²) in [5.74, 6) is 2.04. The first-order valence-electron chi connectivity index (χ1n) is 12.3. The second-order valence-corrected chi connectivity index (χ2v) is 11.4. The van der Waals surface area contributed by atoms with Gasteiger partial charge in [0.2, 0.25) is 0 Å². The lowest BCUT2D eigenvalue weighted by molar-refractivity contribution is 0.0117. The van der Waals surface area contributed by atoms with E-state index in [1.807, 2.05) is 18.8 Å². The predicted molar refractivity (Wildman–Crippen MR) is 146 cm³/mol. The Morgan fingerprint density at radius 2 is 1.53 bits per heavy atom. The molecule has 0 aliphatic carbocycles. The summed E-state index contributed by atoms with van der Waals surface area (Å²) in [4.78, 5) is 12.0. The SMILES string of the molecule is CNC(C)C(C)(C)SCCOCCOCCOCCOc1ccc(NC(=O)OC(C)(C)C)c(OC)c1. The normalized spacial score (nSPS) is 12.8. The number of benzene rings is 1. The summed E-state index contributed by atoms with van der Waals surface area (Å²) < 4.78 is 33.2. The van der Waals surface area contributed by atoms with E-state index in [4.69, 9.17) is 28.4 Å². The topological polar surface area (TPSA) is 96.5 Å². The Morgan fingerprint density at radius 1 is 0.944 bits per heavy atom. The molecule has 0 bridgehead atoms. The number of anilines is 1. The molecule has 208 valence electrons. The highest BCUT2D eigenvalue weighted by Gasteiger charge is 2.24. The van der Waals surface area contributed by atoms with Gasteiger partial charge in [-0.3, -0.25) is 5.32 Å². The van der Waals surface area contributed by atoms with Gasteiger partial charge in [0, 0.05) is 22.6 Å². The van der Waals surface area contributed by atoms with E-state index < -0.39 is 11.7 Å². The number of rotatable bonds is 18. The number of hydrogen-bond donors (Lipinski definition) is 2. The molecular formula is C26H46N2O7S.